The zero-order valence-electron chi connectivity index (χ0n) is 18.7. The van der Waals surface area contributed by atoms with Crippen molar-refractivity contribution in [3.63, 3.8) is 0 Å². The summed E-state index contributed by atoms with van der Waals surface area (Å²) in [7, 11) is 0. The van der Waals surface area contributed by atoms with Gasteiger partial charge in [-0.2, -0.15) is 4.39 Å². The van der Waals surface area contributed by atoms with Crippen LogP contribution in [0.25, 0.3) is 22.3 Å². The number of halogens is 2. The molecule has 0 saturated heterocycles. The highest BCUT2D eigenvalue weighted by molar-refractivity contribution is 5.91. The highest BCUT2D eigenvalue weighted by Crippen LogP contribution is 2.30. The highest BCUT2D eigenvalue weighted by Gasteiger charge is 2.16. The largest absolute Gasteiger partial charge is 0.462 e. The van der Waals surface area contributed by atoms with Crippen molar-refractivity contribution in [2.24, 2.45) is 0 Å². The first-order valence-corrected chi connectivity index (χ1v) is 10.7. The fourth-order valence-corrected chi connectivity index (χ4v) is 3.40. The Morgan fingerprint density at radius 3 is 1.94 bits per heavy atom. The van der Waals surface area contributed by atoms with Gasteiger partial charge in [0.2, 0.25) is 5.82 Å². The molecule has 0 N–H and O–H groups in total. The van der Waals surface area contributed by atoms with E-state index in [9.17, 15) is 13.6 Å². The van der Waals surface area contributed by atoms with Crippen LogP contribution in [0.5, 0.6) is 11.5 Å². The predicted octanol–water partition coefficient (Wildman–Crippen LogP) is 7.74. The van der Waals surface area contributed by atoms with Crippen molar-refractivity contribution >= 4 is 5.97 Å². The number of hydrogen-bond acceptors (Lipinski definition) is 3. The van der Waals surface area contributed by atoms with Gasteiger partial charge in [-0.1, -0.05) is 60.2 Å². The van der Waals surface area contributed by atoms with Crippen molar-refractivity contribution < 1.29 is 23.0 Å². The van der Waals surface area contributed by atoms with Gasteiger partial charge in [-0.3, -0.25) is 0 Å². The standard InChI is InChI=1S/C29H22F2O3/c1-3-18-33-26-17-16-25(27(30)28(26)31)22-8-10-23(11-9-22)29(32)34-24-14-12-21(13-15-24)20-6-4-19(2)5-7-20/h3-18H,1-2H3/b18-3+. The number of ether oxygens (including phenoxy) is 2. The summed E-state index contributed by atoms with van der Waals surface area (Å²) in [6, 6.07) is 24.3. The maximum Gasteiger partial charge on any atom is 0.343 e. The molecule has 0 atom stereocenters. The Balaban J connectivity index is 1.46. The molecule has 0 saturated carbocycles. The minimum atomic E-state index is -1.08. The molecule has 0 fully saturated rings. The average molecular weight is 456 g/mol. The number of rotatable bonds is 6. The van der Waals surface area contributed by atoms with Gasteiger partial charge in [0, 0.05) is 5.56 Å². The van der Waals surface area contributed by atoms with Crippen molar-refractivity contribution in [3.8, 4) is 33.8 Å². The zero-order chi connectivity index (χ0) is 24.1. The number of carbonyl (C=O) groups excluding carboxylic acids is 1. The summed E-state index contributed by atoms with van der Waals surface area (Å²) in [5.74, 6) is -2.43. The van der Waals surface area contributed by atoms with E-state index >= 15 is 0 Å². The first-order valence-electron chi connectivity index (χ1n) is 10.7. The minimum absolute atomic E-state index is 0.0666. The molecule has 3 nitrogen and oxygen atoms in total. The van der Waals surface area contributed by atoms with E-state index in [1.807, 2.05) is 43.3 Å². The van der Waals surface area contributed by atoms with Crippen LogP contribution in [-0.2, 0) is 0 Å². The summed E-state index contributed by atoms with van der Waals surface area (Å²) in [5.41, 5.74) is 4.05. The highest BCUT2D eigenvalue weighted by atomic mass is 19.2. The number of allylic oxidation sites excluding steroid dienone is 1. The van der Waals surface area contributed by atoms with Crippen LogP contribution in [0.15, 0.2) is 97.3 Å². The van der Waals surface area contributed by atoms with Crippen LogP contribution < -0.4 is 9.47 Å². The Hall–Kier alpha value is -4.25. The lowest BCUT2D eigenvalue weighted by atomic mass is 10.0. The Morgan fingerprint density at radius 2 is 1.32 bits per heavy atom. The summed E-state index contributed by atoms with van der Waals surface area (Å²) in [6.07, 6.45) is 2.84. The third-order valence-corrected chi connectivity index (χ3v) is 5.26. The zero-order valence-corrected chi connectivity index (χ0v) is 18.7. The molecule has 0 aromatic heterocycles. The molecule has 4 aromatic rings. The van der Waals surface area contributed by atoms with E-state index < -0.39 is 17.6 Å². The molecule has 34 heavy (non-hydrogen) atoms. The van der Waals surface area contributed by atoms with Crippen LogP contribution in [-0.4, -0.2) is 5.97 Å². The van der Waals surface area contributed by atoms with Crippen LogP contribution in [0.2, 0.25) is 0 Å². The fourth-order valence-electron chi connectivity index (χ4n) is 3.40. The van der Waals surface area contributed by atoms with Crippen molar-refractivity contribution in [1.29, 1.82) is 0 Å². The molecule has 4 aromatic carbocycles. The molecule has 170 valence electrons. The number of benzene rings is 4. The minimum Gasteiger partial charge on any atom is -0.462 e. The van der Waals surface area contributed by atoms with Gasteiger partial charge < -0.3 is 9.47 Å². The monoisotopic (exact) mass is 456 g/mol. The maximum atomic E-state index is 14.5. The quantitative estimate of drug-likeness (QED) is 0.169. The lowest BCUT2D eigenvalue weighted by molar-refractivity contribution is 0.0735. The molecule has 4 rings (SSSR count). The van der Waals surface area contributed by atoms with Gasteiger partial charge in [-0.25, -0.2) is 9.18 Å². The molecule has 0 heterocycles. The topological polar surface area (TPSA) is 35.5 Å². The molecular formula is C29H22F2O3. The van der Waals surface area contributed by atoms with Gasteiger partial charge >= 0.3 is 5.97 Å². The van der Waals surface area contributed by atoms with E-state index in [-0.39, 0.29) is 11.3 Å². The van der Waals surface area contributed by atoms with E-state index in [2.05, 4.69) is 0 Å². The lowest BCUT2D eigenvalue weighted by Gasteiger charge is -2.09. The second-order valence-corrected chi connectivity index (χ2v) is 7.68. The molecule has 0 amide bonds. The molecule has 0 aliphatic rings. The molecule has 0 unspecified atom stereocenters. The Morgan fingerprint density at radius 1 is 0.735 bits per heavy atom. The van der Waals surface area contributed by atoms with Gasteiger partial charge in [0.15, 0.2) is 11.6 Å². The smallest absolute Gasteiger partial charge is 0.343 e. The van der Waals surface area contributed by atoms with Crippen LogP contribution in [0.1, 0.15) is 22.8 Å². The summed E-state index contributed by atoms with van der Waals surface area (Å²) < 4.78 is 39.3. The van der Waals surface area contributed by atoms with E-state index in [4.69, 9.17) is 9.47 Å². The van der Waals surface area contributed by atoms with Crippen molar-refractivity contribution in [1.82, 2.24) is 0 Å². The molecular weight excluding hydrogens is 434 g/mol. The van der Waals surface area contributed by atoms with E-state index in [0.29, 0.717) is 16.9 Å². The van der Waals surface area contributed by atoms with Gasteiger partial charge in [0.25, 0.3) is 0 Å². The number of aryl methyl sites for hydroxylation is 1. The van der Waals surface area contributed by atoms with Gasteiger partial charge in [0.1, 0.15) is 5.75 Å². The molecule has 0 bridgehead atoms. The number of esters is 1. The van der Waals surface area contributed by atoms with E-state index in [0.717, 1.165) is 11.1 Å². The molecule has 0 spiro atoms. The number of hydrogen-bond donors (Lipinski definition) is 0. The van der Waals surface area contributed by atoms with Crippen molar-refractivity contribution in [2.75, 3.05) is 0 Å². The summed E-state index contributed by atoms with van der Waals surface area (Å²) in [5, 5.41) is 0. The normalized spacial score (nSPS) is 10.9. The van der Waals surface area contributed by atoms with Crippen molar-refractivity contribution in [2.45, 2.75) is 13.8 Å². The molecule has 0 aliphatic carbocycles. The van der Waals surface area contributed by atoms with Crippen LogP contribution in [0.4, 0.5) is 8.78 Å². The van der Waals surface area contributed by atoms with Gasteiger partial charge in [-0.05, 0) is 66.9 Å². The van der Waals surface area contributed by atoms with Crippen LogP contribution >= 0.6 is 0 Å². The first kappa shape index (κ1) is 22.9. The fraction of sp³-hybridized carbons (Fsp3) is 0.0690. The van der Waals surface area contributed by atoms with Crippen LogP contribution in [0.3, 0.4) is 0 Å². The number of carbonyl (C=O) groups is 1. The van der Waals surface area contributed by atoms with E-state index in [1.165, 1.54) is 36.1 Å². The van der Waals surface area contributed by atoms with Gasteiger partial charge in [-0.15, -0.1) is 0 Å². The van der Waals surface area contributed by atoms with E-state index in [1.54, 1.807) is 37.3 Å². The Kier molecular flexibility index (Phi) is 6.83. The summed E-state index contributed by atoms with van der Waals surface area (Å²) in [4.78, 5) is 12.5. The summed E-state index contributed by atoms with van der Waals surface area (Å²) >= 11 is 0. The first-order chi connectivity index (χ1) is 16.5. The van der Waals surface area contributed by atoms with Crippen LogP contribution in [0, 0.1) is 18.6 Å². The lowest BCUT2D eigenvalue weighted by Crippen LogP contribution is -2.08. The third kappa shape index (κ3) is 5.04. The second-order valence-electron chi connectivity index (χ2n) is 7.68. The SMILES string of the molecule is C/C=C/Oc1ccc(-c2ccc(C(=O)Oc3ccc(-c4ccc(C)cc4)cc3)cc2)c(F)c1F. The van der Waals surface area contributed by atoms with Crippen molar-refractivity contribution in [3.05, 3.63) is 120 Å². The molecule has 5 heteroatoms. The summed E-state index contributed by atoms with van der Waals surface area (Å²) in [6.45, 7) is 3.74. The van der Waals surface area contributed by atoms with Gasteiger partial charge in [0.05, 0.1) is 11.8 Å². The predicted molar refractivity (Wildman–Crippen MR) is 129 cm³/mol. The molecule has 0 aliphatic heterocycles. The second kappa shape index (κ2) is 10.1. The molecule has 0 radical (unpaired) electrons. The third-order valence-electron chi connectivity index (χ3n) is 5.26. The Bertz CT molecular complexity index is 1320. The Labute approximate surface area is 196 Å². The average Bonchev–Trinajstić information content (AvgIpc) is 2.86. The maximum absolute atomic E-state index is 14.5.